The van der Waals surface area contributed by atoms with E-state index in [1.807, 2.05) is 33.9 Å². The summed E-state index contributed by atoms with van der Waals surface area (Å²) < 4.78 is 36.5. The summed E-state index contributed by atoms with van der Waals surface area (Å²) in [4.78, 5) is 39.7. The number of carbonyl (C=O) groups excluding carboxylic acids is 2. The number of cyclic esters (lactones) is 1. The second-order valence-electron chi connectivity index (χ2n) is 16.2. The fourth-order valence-corrected chi connectivity index (χ4v) is 8.44. The van der Waals surface area contributed by atoms with Crippen molar-refractivity contribution in [3.63, 3.8) is 0 Å². The molecule has 2 amide bonds. The maximum atomic E-state index is 15.5. The molecule has 4 rings (SSSR count). The van der Waals surface area contributed by atoms with Gasteiger partial charge in [0, 0.05) is 42.4 Å². The van der Waals surface area contributed by atoms with E-state index in [4.69, 9.17) is 30.9 Å². The van der Waals surface area contributed by atoms with Gasteiger partial charge >= 0.3 is 12.1 Å². The fraction of sp³-hybridized carbons (Fsp3) is 0.556. The van der Waals surface area contributed by atoms with E-state index in [0.717, 1.165) is 0 Å². The number of primary amides is 1. The van der Waals surface area contributed by atoms with Crippen LogP contribution in [0.25, 0.3) is 10.9 Å². The number of amides is 2. The summed E-state index contributed by atoms with van der Waals surface area (Å²) in [6.45, 7) is 21.7. The minimum atomic E-state index is -2.74. The monoisotopic (exact) mass is 792 g/mol. The third-order valence-electron chi connectivity index (χ3n) is 11.0. The SMILES string of the molecule is C[C@H](CO[Si](C)(C)C(C)(C)C)N(CCn1nc(C(N)=O)c2cc(NC(=O)O)ccc21)C[C@@H]1NC(c2cccc(Cl)c2F)CO[Si](C)(C)C(C)(C)C(=O)O1. The van der Waals surface area contributed by atoms with E-state index in [9.17, 15) is 19.5 Å². The highest BCUT2D eigenvalue weighted by Crippen LogP contribution is 2.41. The number of carbonyl (C=O) groups is 3. The van der Waals surface area contributed by atoms with Crippen LogP contribution in [0.3, 0.4) is 0 Å². The largest absolute Gasteiger partial charge is 0.465 e. The lowest BCUT2D eigenvalue weighted by Gasteiger charge is -2.39. The molecule has 1 fully saturated rings. The maximum absolute atomic E-state index is 15.5. The van der Waals surface area contributed by atoms with Gasteiger partial charge in [-0.05, 0) is 76.3 Å². The molecule has 1 aliphatic heterocycles. The Hall–Kier alpha value is -3.39. The standard InChI is InChI=1S/C36H54ClFN6O7Si2/c1-22(20-49-52(7,8)35(2,3)4)43(16-17-44-28-15-14-23(40-34(47)48)18-25(28)31(42-44)32(39)45)19-29-41-27(24-12-11-13-26(37)30(24)38)21-50-53(9,10)36(5,6)33(46)51-29/h11-15,18,22,27,29,40-41H,16-17,19-21H2,1-10H3,(H2,39,45)(H,47,48)/t22-,27?,29-/m1/s1. The minimum absolute atomic E-state index is 0.00200. The van der Waals surface area contributed by atoms with Gasteiger partial charge in [0.05, 0.1) is 34.8 Å². The number of carboxylic acid groups (broad SMARTS) is 1. The van der Waals surface area contributed by atoms with Gasteiger partial charge in [-0.25, -0.2) is 9.18 Å². The predicted molar refractivity (Wildman–Crippen MR) is 209 cm³/mol. The summed E-state index contributed by atoms with van der Waals surface area (Å²) in [5.41, 5.74) is 6.83. The molecule has 2 heterocycles. The zero-order valence-corrected chi connectivity index (χ0v) is 35.1. The zero-order valence-electron chi connectivity index (χ0n) is 32.3. The van der Waals surface area contributed by atoms with Crippen LogP contribution in [0, 0.1) is 5.82 Å². The van der Waals surface area contributed by atoms with Crippen LogP contribution in [-0.4, -0.2) is 93.0 Å². The highest BCUT2D eigenvalue weighted by molar-refractivity contribution is 6.77. The van der Waals surface area contributed by atoms with Gasteiger partial charge in [-0.3, -0.25) is 29.8 Å². The Morgan fingerprint density at radius 3 is 2.58 bits per heavy atom. The van der Waals surface area contributed by atoms with Gasteiger partial charge in [0.25, 0.3) is 5.91 Å². The average Bonchev–Trinajstić information content (AvgIpc) is 3.42. The molecule has 0 bridgehead atoms. The number of rotatable bonds is 12. The Morgan fingerprint density at radius 1 is 1.28 bits per heavy atom. The molecule has 0 aliphatic carbocycles. The summed E-state index contributed by atoms with van der Waals surface area (Å²) in [7, 11) is -4.90. The van der Waals surface area contributed by atoms with Crippen LogP contribution in [0.2, 0.25) is 41.3 Å². The quantitative estimate of drug-likeness (QED) is 0.111. The van der Waals surface area contributed by atoms with Crippen molar-refractivity contribution in [2.75, 3.05) is 31.6 Å². The molecule has 1 saturated heterocycles. The molecule has 0 spiro atoms. The van der Waals surface area contributed by atoms with E-state index in [2.05, 4.69) is 54.5 Å². The number of nitrogens with one attached hydrogen (secondary N) is 2. The molecule has 3 atom stereocenters. The first kappa shape index (κ1) is 42.4. The van der Waals surface area contributed by atoms with Gasteiger partial charge in [0.15, 0.2) is 20.2 Å². The molecule has 0 radical (unpaired) electrons. The summed E-state index contributed by atoms with van der Waals surface area (Å²) in [6, 6.07) is 8.67. The van der Waals surface area contributed by atoms with Crippen molar-refractivity contribution in [3.8, 4) is 0 Å². The molecule has 1 aliphatic rings. The van der Waals surface area contributed by atoms with Crippen molar-refractivity contribution in [1.29, 1.82) is 0 Å². The molecular weight excluding hydrogens is 739 g/mol. The number of aromatic nitrogens is 2. The normalized spacial score (nSPS) is 20.0. The van der Waals surface area contributed by atoms with E-state index in [-0.39, 0.29) is 47.2 Å². The number of anilines is 1. The summed E-state index contributed by atoms with van der Waals surface area (Å²) in [6.07, 6.45) is -2.16. The Labute approximate surface area is 317 Å². The minimum Gasteiger partial charge on any atom is -0.465 e. The molecular formula is C36H54ClFN6O7Si2. The van der Waals surface area contributed by atoms with Crippen molar-refractivity contribution in [3.05, 3.63) is 58.5 Å². The molecule has 2 aromatic carbocycles. The van der Waals surface area contributed by atoms with Crippen molar-refractivity contribution < 1.29 is 37.5 Å². The van der Waals surface area contributed by atoms with Gasteiger partial charge < -0.3 is 24.4 Å². The lowest BCUT2D eigenvalue weighted by Crippen LogP contribution is -2.52. The van der Waals surface area contributed by atoms with Gasteiger partial charge in [-0.2, -0.15) is 5.10 Å². The maximum Gasteiger partial charge on any atom is 0.409 e. The van der Waals surface area contributed by atoms with Crippen molar-refractivity contribution >= 4 is 62.8 Å². The lowest BCUT2D eigenvalue weighted by molar-refractivity contribution is -0.155. The number of ether oxygens (including phenoxy) is 1. The summed E-state index contributed by atoms with van der Waals surface area (Å²) >= 11 is 6.22. The zero-order chi connectivity index (χ0) is 39.7. The van der Waals surface area contributed by atoms with Crippen LogP contribution in [0.4, 0.5) is 14.9 Å². The number of hydrogen-bond donors (Lipinski definition) is 4. The van der Waals surface area contributed by atoms with Crippen LogP contribution in [0.5, 0.6) is 0 Å². The number of nitrogens with two attached hydrogens (primary N) is 1. The van der Waals surface area contributed by atoms with Crippen molar-refractivity contribution in [1.82, 2.24) is 20.0 Å². The highest BCUT2D eigenvalue weighted by atomic mass is 35.5. The number of benzene rings is 2. The molecule has 3 aromatic rings. The lowest BCUT2D eigenvalue weighted by atomic mass is 10.1. The Kier molecular flexibility index (Phi) is 12.9. The third kappa shape index (κ3) is 9.65. The number of fused-ring (bicyclic) bond motifs is 1. The molecule has 5 N–H and O–H groups in total. The number of halogens is 2. The number of esters is 1. The molecule has 13 nitrogen and oxygen atoms in total. The molecule has 17 heteroatoms. The van der Waals surface area contributed by atoms with E-state index in [0.29, 0.717) is 29.6 Å². The summed E-state index contributed by atoms with van der Waals surface area (Å²) in [5.74, 6) is -1.77. The molecule has 1 aromatic heterocycles. The first-order valence-electron chi connectivity index (χ1n) is 17.7. The third-order valence-corrected chi connectivity index (χ3v) is 19.9. The summed E-state index contributed by atoms with van der Waals surface area (Å²) in [5, 5.41) is 18.8. The van der Waals surface area contributed by atoms with Crippen molar-refractivity contribution in [2.45, 2.75) is 103 Å². The average molecular weight is 793 g/mol. The number of nitrogens with zero attached hydrogens (tertiary/aromatic N) is 3. The highest BCUT2D eigenvalue weighted by Gasteiger charge is 2.50. The van der Waals surface area contributed by atoms with E-state index in [1.54, 1.807) is 28.9 Å². The van der Waals surface area contributed by atoms with E-state index < -0.39 is 57.7 Å². The van der Waals surface area contributed by atoms with Crippen LogP contribution >= 0.6 is 11.6 Å². The first-order chi connectivity index (χ1) is 24.4. The van der Waals surface area contributed by atoms with E-state index >= 15 is 4.39 Å². The molecule has 53 heavy (non-hydrogen) atoms. The van der Waals surface area contributed by atoms with Crippen LogP contribution in [0.15, 0.2) is 36.4 Å². The van der Waals surface area contributed by atoms with Gasteiger partial charge in [0.2, 0.25) is 8.32 Å². The van der Waals surface area contributed by atoms with Crippen LogP contribution in [0.1, 0.15) is 63.6 Å². The first-order valence-corrected chi connectivity index (χ1v) is 23.9. The van der Waals surface area contributed by atoms with Gasteiger partial charge in [0.1, 0.15) is 5.82 Å². The van der Waals surface area contributed by atoms with E-state index in [1.165, 1.54) is 12.1 Å². The topological polar surface area (TPSA) is 170 Å². The van der Waals surface area contributed by atoms with Crippen LogP contribution < -0.4 is 16.4 Å². The predicted octanol–water partition coefficient (Wildman–Crippen LogP) is 6.95. The second kappa shape index (κ2) is 16.1. The Bertz CT molecular complexity index is 1830. The molecule has 1 unspecified atom stereocenters. The number of hydrogen-bond acceptors (Lipinski definition) is 9. The smallest absolute Gasteiger partial charge is 0.409 e. The van der Waals surface area contributed by atoms with Crippen LogP contribution in [-0.2, 0) is 24.9 Å². The second-order valence-corrected chi connectivity index (χ2v) is 26.0. The van der Waals surface area contributed by atoms with Crippen molar-refractivity contribution in [2.24, 2.45) is 5.73 Å². The molecule has 292 valence electrons. The Balaban J connectivity index is 1.73. The Morgan fingerprint density at radius 2 is 1.96 bits per heavy atom. The van der Waals surface area contributed by atoms with Gasteiger partial charge in [-0.1, -0.05) is 44.5 Å². The van der Waals surface area contributed by atoms with Gasteiger partial charge in [-0.15, -0.1) is 0 Å². The fourth-order valence-electron chi connectivity index (χ4n) is 5.67. The molecule has 0 saturated carbocycles.